The van der Waals surface area contributed by atoms with Gasteiger partial charge in [0.1, 0.15) is 5.70 Å². The van der Waals surface area contributed by atoms with Crippen molar-refractivity contribution < 1.29 is 9.90 Å². The number of rotatable bonds is 1. The van der Waals surface area contributed by atoms with Gasteiger partial charge in [0.05, 0.1) is 0 Å². The molecule has 0 radical (unpaired) electrons. The Kier molecular flexibility index (Phi) is 2.54. The van der Waals surface area contributed by atoms with Crippen LogP contribution in [0.25, 0.3) is 0 Å². The van der Waals surface area contributed by atoms with Crippen LogP contribution < -0.4 is 11.1 Å². The number of carbonyl (C=O) groups excluding carboxylic acids is 1. The first-order valence-corrected chi connectivity index (χ1v) is 4.14. The Balaban J connectivity index is 3.01. The van der Waals surface area contributed by atoms with Crippen LogP contribution in [-0.4, -0.2) is 17.2 Å². The van der Waals surface area contributed by atoms with Gasteiger partial charge in [-0.05, 0) is 18.6 Å². The second-order valence-electron chi connectivity index (χ2n) is 2.50. The van der Waals surface area contributed by atoms with Crippen LogP contribution in [0, 0.1) is 0 Å². The van der Waals surface area contributed by atoms with Gasteiger partial charge in [-0.3, -0.25) is 4.79 Å². The van der Waals surface area contributed by atoms with Crippen LogP contribution in [0.15, 0.2) is 21.8 Å². The van der Waals surface area contributed by atoms with Gasteiger partial charge in [-0.1, -0.05) is 15.9 Å². The first kappa shape index (κ1) is 9.28. The van der Waals surface area contributed by atoms with Crippen LogP contribution in [0.1, 0.15) is 6.92 Å². The Labute approximate surface area is 78.3 Å². The summed E-state index contributed by atoms with van der Waals surface area (Å²) in [5.74, 6) is -0.567. The van der Waals surface area contributed by atoms with Gasteiger partial charge in [-0.2, -0.15) is 0 Å². The summed E-state index contributed by atoms with van der Waals surface area (Å²) >= 11 is 3.13. The van der Waals surface area contributed by atoms with Crippen molar-refractivity contribution in [2.45, 2.75) is 13.2 Å². The lowest BCUT2D eigenvalue weighted by Gasteiger charge is -2.20. The van der Waals surface area contributed by atoms with E-state index in [4.69, 9.17) is 5.73 Å². The first-order valence-electron chi connectivity index (χ1n) is 3.34. The molecule has 0 aromatic carbocycles. The minimum Gasteiger partial charge on any atom is -0.369 e. The first-order chi connectivity index (χ1) is 5.52. The molecule has 0 saturated carbocycles. The van der Waals surface area contributed by atoms with Crippen molar-refractivity contribution in [1.29, 1.82) is 0 Å². The van der Waals surface area contributed by atoms with E-state index in [2.05, 4.69) is 21.2 Å². The zero-order valence-corrected chi connectivity index (χ0v) is 8.05. The van der Waals surface area contributed by atoms with E-state index < -0.39 is 12.1 Å². The SMILES string of the molecule is CC1=C(C(N)=O)NC(O)C(Br)=C1. The van der Waals surface area contributed by atoms with Crippen molar-refractivity contribution in [1.82, 2.24) is 5.32 Å². The molecule has 0 spiro atoms. The minimum absolute atomic E-state index is 0.255. The third-order valence-corrected chi connectivity index (χ3v) is 2.20. The third-order valence-electron chi connectivity index (χ3n) is 1.54. The number of amides is 1. The topological polar surface area (TPSA) is 75.4 Å². The lowest BCUT2D eigenvalue weighted by atomic mass is 10.1. The summed E-state index contributed by atoms with van der Waals surface area (Å²) in [5.41, 5.74) is 6.01. The molecular formula is C7H9BrN2O2. The van der Waals surface area contributed by atoms with Crippen LogP contribution in [0.3, 0.4) is 0 Å². The average Bonchev–Trinajstić information content (AvgIpc) is 1.96. The maximum absolute atomic E-state index is 10.8. The normalized spacial score (nSPS) is 23.2. The van der Waals surface area contributed by atoms with Gasteiger partial charge in [0, 0.05) is 4.48 Å². The molecule has 1 aliphatic heterocycles. The standard InChI is InChI=1S/C7H9BrN2O2/c1-3-2-4(8)7(12)10-5(3)6(9)11/h2,7,10,12H,1H3,(H2,9,11). The molecule has 66 valence electrons. The zero-order valence-electron chi connectivity index (χ0n) is 6.47. The summed E-state index contributed by atoms with van der Waals surface area (Å²) in [7, 11) is 0. The molecule has 1 amide bonds. The van der Waals surface area contributed by atoms with Gasteiger partial charge in [0.25, 0.3) is 5.91 Å². The maximum Gasteiger partial charge on any atom is 0.265 e. The number of nitrogens with one attached hydrogen (secondary N) is 1. The van der Waals surface area contributed by atoms with Crippen LogP contribution in [0.2, 0.25) is 0 Å². The molecular weight excluding hydrogens is 224 g/mol. The molecule has 1 aliphatic rings. The van der Waals surface area contributed by atoms with Crippen LogP contribution in [0.4, 0.5) is 0 Å². The maximum atomic E-state index is 10.8. The third kappa shape index (κ3) is 1.67. The molecule has 0 aliphatic carbocycles. The number of aliphatic hydroxyl groups excluding tert-OH is 1. The Bertz CT molecular complexity index is 283. The Morgan fingerprint density at radius 1 is 1.83 bits per heavy atom. The Morgan fingerprint density at radius 2 is 2.42 bits per heavy atom. The van der Waals surface area contributed by atoms with Crippen molar-refractivity contribution in [3.8, 4) is 0 Å². The highest BCUT2D eigenvalue weighted by Gasteiger charge is 2.19. The number of hydrogen-bond acceptors (Lipinski definition) is 3. The fourth-order valence-corrected chi connectivity index (χ4v) is 1.40. The molecule has 1 atom stereocenters. The van der Waals surface area contributed by atoms with Crippen molar-refractivity contribution >= 4 is 21.8 Å². The molecule has 1 unspecified atom stereocenters. The molecule has 0 saturated heterocycles. The van der Waals surface area contributed by atoms with Gasteiger partial charge in [0.15, 0.2) is 6.23 Å². The predicted molar refractivity (Wildman–Crippen MR) is 48.0 cm³/mol. The monoisotopic (exact) mass is 232 g/mol. The van der Waals surface area contributed by atoms with Crippen molar-refractivity contribution in [3.05, 3.63) is 21.8 Å². The second-order valence-corrected chi connectivity index (χ2v) is 3.41. The average molecular weight is 233 g/mol. The minimum atomic E-state index is -0.879. The highest BCUT2D eigenvalue weighted by Crippen LogP contribution is 2.19. The Morgan fingerprint density at radius 3 is 2.92 bits per heavy atom. The van der Waals surface area contributed by atoms with Crippen molar-refractivity contribution in [3.63, 3.8) is 0 Å². The summed E-state index contributed by atoms with van der Waals surface area (Å²) in [4.78, 5) is 10.8. The van der Waals surface area contributed by atoms with Crippen molar-refractivity contribution in [2.24, 2.45) is 5.73 Å². The molecule has 1 heterocycles. The van der Waals surface area contributed by atoms with E-state index in [9.17, 15) is 9.90 Å². The number of aliphatic hydroxyl groups is 1. The smallest absolute Gasteiger partial charge is 0.265 e. The molecule has 0 aromatic rings. The molecule has 12 heavy (non-hydrogen) atoms. The summed E-state index contributed by atoms with van der Waals surface area (Å²) in [5, 5.41) is 11.8. The van der Waals surface area contributed by atoms with E-state index in [0.717, 1.165) is 0 Å². The van der Waals surface area contributed by atoms with E-state index in [1.807, 2.05) is 0 Å². The lowest BCUT2D eigenvalue weighted by Crippen LogP contribution is -2.37. The number of nitrogens with two attached hydrogens (primary N) is 1. The van der Waals surface area contributed by atoms with E-state index in [1.54, 1.807) is 13.0 Å². The fourth-order valence-electron chi connectivity index (χ4n) is 0.943. The molecule has 0 bridgehead atoms. The Hall–Kier alpha value is -0.810. The van der Waals surface area contributed by atoms with Gasteiger partial charge in [-0.15, -0.1) is 0 Å². The van der Waals surface area contributed by atoms with E-state index in [-0.39, 0.29) is 5.70 Å². The number of dihydropyridines is 1. The lowest BCUT2D eigenvalue weighted by molar-refractivity contribution is -0.115. The van der Waals surface area contributed by atoms with Gasteiger partial charge in [-0.25, -0.2) is 0 Å². The van der Waals surface area contributed by atoms with E-state index in [0.29, 0.717) is 10.1 Å². The second kappa shape index (κ2) is 3.28. The summed E-state index contributed by atoms with van der Waals surface area (Å²) in [6.45, 7) is 1.74. The molecule has 0 aromatic heterocycles. The van der Waals surface area contributed by atoms with E-state index in [1.165, 1.54) is 0 Å². The van der Waals surface area contributed by atoms with Gasteiger partial charge < -0.3 is 16.2 Å². The molecule has 1 rings (SSSR count). The summed E-state index contributed by atoms with van der Waals surface area (Å²) in [6, 6.07) is 0. The predicted octanol–water partition coefficient (Wildman–Crippen LogP) is -0.0539. The molecule has 5 heteroatoms. The number of hydrogen-bond donors (Lipinski definition) is 3. The highest BCUT2D eigenvalue weighted by molar-refractivity contribution is 9.11. The van der Waals surface area contributed by atoms with Crippen LogP contribution in [-0.2, 0) is 4.79 Å². The summed E-state index contributed by atoms with van der Waals surface area (Å²) in [6.07, 6.45) is 0.776. The fraction of sp³-hybridized carbons (Fsp3) is 0.286. The number of primary amides is 1. The van der Waals surface area contributed by atoms with Gasteiger partial charge >= 0.3 is 0 Å². The number of allylic oxidation sites excluding steroid dienone is 2. The number of halogens is 1. The zero-order chi connectivity index (χ0) is 9.30. The number of carbonyl (C=O) groups is 1. The molecule has 4 nitrogen and oxygen atoms in total. The highest BCUT2D eigenvalue weighted by atomic mass is 79.9. The van der Waals surface area contributed by atoms with E-state index >= 15 is 0 Å². The summed E-state index contributed by atoms with van der Waals surface area (Å²) < 4.78 is 0.588. The van der Waals surface area contributed by atoms with Crippen molar-refractivity contribution in [2.75, 3.05) is 0 Å². The van der Waals surface area contributed by atoms with Crippen LogP contribution in [0.5, 0.6) is 0 Å². The molecule has 0 fully saturated rings. The largest absolute Gasteiger partial charge is 0.369 e. The quantitative estimate of drug-likeness (QED) is 0.594. The van der Waals surface area contributed by atoms with Gasteiger partial charge in [0.2, 0.25) is 0 Å². The van der Waals surface area contributed by atoms with Crippen LogP contribution >= 0.6 is 15.9 Å². The molecule has 4 N–H and O–H groups in total.